The monoisotopic (exact) mass is 837 g/mol. The molecular weight excluding hydrogens is 791 g/mol. The Morgan fingerprint density at radius 1 is 0.462 bits per heavy atom. The molecule has 8 aromatic carbocycles. The van der Waals surface area contributed by atoms with Gasteiger partial charge in [0.25, 0.3) is 0 Å². The molecule has 3 nitrogen and oxygen atoms in total. The molecule has 0 radical (unpaired) electrons. The minimum atomic E-state index is 0.101. The number of aliphatic imine (C=N–C) groups is 1. The highest BCUT2D eigenvalue weighted by atomic mass is 16.3. The van der Waals surface area contributed by atoms with E-state index in [4.69, 9.17) is 13.8 Å². The van der Waals surface area contributed by atoms with Gasteiger partial charge in [-0.05, 0) is 105 Å². The maximum Gasteiger partial charge on any atom is 0.135 e. The van der Waals surface area contributed by atoms with Crippen LogP contribution in [-0.4, -0.2) is 5.71 Å². The lowest BCUT2D eigenvalue weighted by atomic mass is 9.77. The fourth-order valence-electron chi connectivity index (χ4n) is 10.3. The Kier molecular flexibility index (Phi) is 9.83. The van der Waals surface area contributed by atoms with E-state index in [0.29, 0.717) is 5.92 Å². The van der Waals surface area contributed by atoms with Gasteiger partial charge >= 0.3 is 0 Å². The van der Waals surface area contributed by atoms with E-state index in [1.807, 2.05) is 6.07 Å². The van der Waals surface area contributed by atoms with Crippen molar-refractivity contribution in [2.24, 2.45) is 10.9 Å². The molecule has 0 saturated carbocycles. The van der Waals surface area contributed by atoms with Crippen molar-refractivity contribution in [2.45, 2.75) is 38.0 Å². The van der Waals surface area contributed by atoms with Crippen LogP contribution in [0.25, 0.3) is 78.1 Å². The van der Waals surface area contributed by atoms with E-state index in [1.54, 1.807) is 0 Å². The van der Waals surface area contributed by atoms with Crippen LogP contribution in [0.5, 0.6) is 0 Å². The Bertz CT molecular complexity index is 3460. The van der Waals surface area contributed by atoms with Crippen molar-refractivity contribution < 1.29 is 8.83 Å². The molecule has 2 aliphatic rings. The first-order chi connectivity index (χ1) is 32.1. The van der Waals surface area contributed by atoms with Crippen LogP contribution in [-0.2, 0) is 6.42 Å². The zero-order chi connectivity index (χ0) is 43.3. The van der Waals surface area contributed by atoms with E-state index >= 15 is 0 Å². The van der Waals surface area contributed by atoms with E-state index in [-0.39, 0.29) is 11.8 Å². The molecule has 65 heavy (non-hydrogen) atoms. The van der Waals surface area contributed by atoms with Crippen LogP contribution in [0.2, 0.25) is 0 Å². The maximum absolute atomic E-state index is 6.34. The van der Waals surface area contributed by atoms with Crippen molar-refractivity contribution in [1.29, 1.82) is 0 Å². The van der Waals surface area contributed by atoms with E-state index in [2.05, 4.69) is 213 Å². The summed E-state index contributed by atoms with van der Waals surface area (Å²) in [5.41, 5.74) is 18.3. The number of hydrogen-bond donors (Lipinski definition) is 0. The van der Waals surface area contributed by atoms with Crippen LogP contribution < -0.4 is 0 Å². The molecule has 2 aromatic heterocycles. The number of furan rings is 2. The summed E-state index contributed by atoms with van der Waals surface area (Å²) in [6.45, 7) is 2.35. The molecule has 312 valence electrons. The lowest BCUT2D eigenvalue weighted by molar-refractivity contribution is 0.481. The third-order valence-electron chi connectivity index (χ3n) is 13.8. The van der Waals surface area contributed by atoms with Gasteiger partial charge in [-0.2, -0.15) is 0 Å². The highest BCUT2D eigenvalue weighted by molar-refractivity contribution is 6.06. The molecule has 0 fully saturated rings. The Hall–Kier alpha value is -7.75. The third-order valence-corrected chi connectivity index (χ3v) is 13.8. The molecule has 3 heterocycles. The lowest BCUT2D eigenvalue weighted by Gasteiger charge is -2.26. The molecule has 1 aliphatic heterocycles. The molecule has 0 saturated heterocycles. The predicted molar refractivity (Wildman–Crippen MR) is 270 cm³/mol. The van der Waals surface area contributed by atoms with Crippen LogP contribution in [0.3, 0.4) is 0 Å². The van der Waals surface area contributed by atoms with E-state index in [1.165, 1.54) is 61.0 Å². The summed E-state index contributed by atoms with van der Waals surface area (Å²) in [4.78, 5) is 5.64. The number of benzene rings is 8. The summed E-state index contributed by atoms with van der Waals surface area (Å²) < 4.78 is 12.7. The number of allylic oxidation sites excluding steroid dienone is 2. The van der Waals surface area contributed by atoms with E-state index in [9.17, 15) is 0 Å². The summed E-state index contributed by atoms with van der Waals surface area (Å²) >= 11 is 0. The molecule has 10 aromatic rings. The first-order valence-electron chi connectivity index (χ1n) is 23.0. The van der Waals surface area contributed by atoms with Gasteiger partial charge in [0.15, 0.2) is 0 Å². The topological polar surface area (TPSA) is 38.6 Å². The number of hydrogen-bond acceptors (Lipinski definition) is 3. The van der Waals surface area contributed by atoms with Crippen LogP contribution in [0, 0.1) is 5.92 Å². The first kappa shape index (κ1) is 38.9. The zero-order valence-corrected chi connectivity index (χ0v) is 36.3. The molecule has 0 bridgehead atoms. The van der Waals surface area contributed by atoms with Crippen LogP contribution in [0.1, 0.15) is 65.2 Å². The highest BCUT2D eigenvalue weighted by Crippen LogP contribution is 2.44. The van der Waals surface area contributed by atoms with Gasteiger partial charge in [-0.15, -0.1) is 0 Å². The third kappa shape index (κ3) is 7.33. The SMILES string of the molecule is CCC1CC(c2ccc(-c3ccccc3)cc2)=NC(c2ccc(-c3ccccc3)cc2)=CC1c1cc(-c2ccc3oc4ccccc4c3c2)cc(C2C=Cc3oc4ccccc4c3C2)c1. The van der Waals surface area contributed by atoms with Crippen molar-refractivity contribution in [2.75, 3.05) is 0 Å². The highest BCUT2D eigenvalue weighted by Gasteiger charge is 2.29. The largest absolute Gasteiger partial charge is 0.456 e. The second kappa shape index (κ2) is 16.4. The molecule has 3 atom stereocenters. The van der Waals surface area contributed by atoms with Crippen LogP contribution in [0.4, 0.5) is 0 Å². The zero-order valence-electron chi connectivity index (χ0n) is 36.3. The van der Waals surface area contributed by atoms with Gasteiger partial charge < -0.3 is 8.83 Å². The quantitative estimate of drug-likeness (QED) is 0.153. The van der Waals surface area contributed by atoms with Crippen LogP contribution >= 0.6 is 0 Å². The summed E-state index contributed by atoms with van der Waals surface area (Å²) in [6, 6.07) is 70.1. The van der Waals surface area contributed by atoms with E-state index in [0.717, 1.165) is 69.5 Å². The van der Waals surface area contributed by atoms with Crippen molar-refractivity contribution in [3.63, 3.8) is 0 Å². The predicted octanol–water partition coefficient (Wildman–Crippen LogP) is 16.7. The van der Waals surface area contributed by atoms with Gasteiger partial charge in [0.2, 0.25) is 0 Å². The molecule has 3 heteroatoms. The normalized spacial score (nSPS) is 17.2. The van der Waals surface area contributed by atoms with E-state index < -0.39 is 0 Å². The number of para-hydroxylation sites is 2. The van der Waals surface area contributed by atoms with Crippen LogP contribution in [0.15, 0.2) is 220 Å². The maximum atomic E-state index is 6.34. The number of fused-ring (bicyclic) bond motifs is 6. The molecule has 12 rings (SSSR count). The second-order valence-corrected chi connectivity index (χ2v) is 17.7. The minimum absolute atomic E-state index is 0.101. The molecule has 1 aliphatic carbocycles. The Balaban J connectivity index is 1.00. The van der Waals surface area contributed by atoms with Gasteiger partial charge in [-0.25, -0.2) is 0 Å². The average Bonchev–Trinajstić information content (AvgIpc) is 3.87. The standard InChI is InChI=1S/C62H47NO2/c1-2-40-38-57(45-25-21-43(22-26-45)41-13-5-3-6-14-41)63-58(46-27-23-44(24-28-46)42-15-7-4-8-16-42)39-54(40)51-34-49(47-29-31-61-55(36-47)52-17-9-11-19-59(52)64-61)33-50(35-51)48-30-32-62-56(37-48)53-18-10-12-20-60(53)65-62/h3-36,39-40,48,54H,2,37-38H2,1H3. The fraction of sp³-hybridized carbons (Fsp3) is 0.113. The molecule has 0 N–H and O–H groups in total. The Labute approximate surface area is 379 Å². The lowest BCUT2D eigenvalue weighted by Crippen LogP contribution is -2.15. The number of nitrogens with zero attached hydrogens (tertiary/aromatic N) is 1. The van der Waals surface area contributed by atoms with Crippen molar-refractivity contribution >= 4 is 50.4 Å². The molecule has 0 amide bonds. The molecular formula is C62H47NO2. The summed E-state index contributed by atoms with van der Waals surface area (Å²) in [5.74, 6) is 1.55. The Morgan fingerprint density at radius 2 is 1.03 bits per heavy atom. The Morgan fingerprint density at radius 3 is 1.74 bits per heavy atom. The fourth-order valence-corrected chi connectivity index (χ4v) is 10.3. The summed E-state index contributed by atoms with van der Waals surface area (Å²) in [6.07, 6.45) is 9.75. The average molecular weight is 838 g/mol. The smallest absolute Gasteiger partial charge is 0.135 e. The molecule has 3 unspecified atom stereocenters. The van der Waals surface area contributed by atoms with Gasteiger partial charge in [0.05, 0.1) is 5.70 Å². The number of rotatable bonds is 8. The van der Waals surface area contributed by atoms with Gasteiger partial charge in [-0.1, -0.05) is 195 Å². The van der Waals surface area contributed by atoms with Crippen molar-refractivity contribution in [3.05, 3.63) is 240 Å². The van der Waals surface area contributed by atoms with Gasteiger partial charge in [0.1, 0.15) is 22.5 Å². The summed E-state index contributed by atoms with van der Waals surface area (Å²) in [7, 11) is 0. The van der Waals surface area contributed by atoms with Crippen molar-refractivity contribution in [3.8, 4) is 33.4 Å². The summed E-state index contributed by atoms with van der Waals surface area (Å²) in [5, 5.41) is 3.47. The second-order valence-electron chi connectivity index (χ2n) is 17.7. The van der Waals surface area contributed by atoms with Gasteiger partial charge in [-0.3, -0.25) is 4.99 Å². The molecule has 0 spiro atoms. The van der Waals surface area contributed by atoms with Gasteiger partial charge in [0, 0.05) is 39.3 Å². The first-order valence-corrected chi connectivity index (χ1v) is 23.0. The van der Waals surface area contributed by atoms with Crippen molar-refractivity contribution in [1.82, 2.24) is 0 Å². The minimum Gasteiger partial charge on any atom is -0.456 e.